The Morgan fingerprint density at radius 1 is 0.944 bits per heavy atom. The van der Waals surface area contributed by atoms with Gasteiger partial charge in [-0.3, -0.25) is 0 Å². The van der Waals surface area contributed by atoms with E-state index in [0.29, 0.717) is 11.5 Å². The highest BCUT2D eigenvalue weighted by atomic mass is 16.3. The van der Waals surface area contributed by atoms with Gasteiger partial charge in [0, 0.05) is 12.5 Å². The molecule has 3 aromatic rings. The van der Waals surface area contributed by atoms with Gasteiger partial charge in [-0.05, 0) is 37.1 Å². The standard InChI is InChI=1S/C15H14N2O/c1-9-5-4-6-12(10(9)2)13-7-8-14-15(17-13)16-11(3)18-14/h4-8H,1-3H3. The summed E-state index contributed by atoms with van der Waals surface area (Å²) in [6, 6.07) is 10.2. The van der Waals surface area contributed by atoms with Crippen molar-refractivity contribution in [2.24, 2.45) is 0 Å². The van der Waals surface area contributed by atoms with Crippen LogP contribution in [-0.2, 0) is 0 Å². The Hall–Kier alpha value is -2.16. The van der Waals surface area contributed by atoms with Crippen LogP contribution in [0.15, 0.2) is 34.7 Å². The van der Waals surface area contributed by atoms with Crippen LogP contribution in [0.4, 0.5) is 0 Å². The van der Waals surface area contributed by atoms with Crippen molar-refractivity contribution in [3.8, 4) is 11.3 Å². The molecule has 0 aliphatic carbocycles. The van der Waals surface area contributed by atoms with Gasteiger partial charge in [0.1, 0.15) is 0 Å². The highest BCUT2D eigenvalue weighted by molar-refractivity contribution is 5.74. The normalized spacial score (nSPS) is 11.1. The molecule has 0 atom stereocenters. The van der Waals surface area contributed by atoms with Gasteiger partial charge in [-0.1, -0.05) is 18.2 Å². The van der Waals surface area contributed by atoms with Crippen molar-refractivity contribution in [2.45, 2.75) is 20.8 Å². The molecular formula is C15H14N2O. The molecular weight excluding hydrogens is 224 g/mol. The molecule has 0 N–H and O–H groups in total. The van der Waals surface area contributed by atoms with Gasteiger partial charge in [-0.25, -0.2) is 4.98 Å². The lowest BCUT2D eigenvalue weighted by molar-refractivity contribution is 0.561. The van der Waals surface area contributed by atoms with E-state index in [2.05, 4.69) is 42.0 Å². The molecule has 0 unspecified atom stereocenters. The van der Waals surface area contributed by atoms with Crippen molar-refractivity contribution in [1.29, 1.82) is 0 Å². The van der Waals surface area contributed by atoms with Crippen molar-refractivity contribution >= 4 is 11.2 Å². The monoisotopic (exact) mass is 238 g/mol. The van der Waals surface area contributed by atoms with Gasteiger partial charge in [0.2, 0.25) is 0 Å². The Morgan fingerprint density at radius 3 is 2.61 bits per heavy atom. The Bertz CT molecular complexity index is 728. The quantitative estimate of drug-likeness (QED) is 0.647. The Kier molecular flexibility index (Phi) is 2.40. The SMILES string of the molecule is Cc1nc2nc(-c3cccc(C)c3C)ccc2o1. The molecule has 1 aromatic carbocycles. The Labute approximate surface area is 105 Å². The summed E-state index contributed by atoms with van der Waals surface area (Å²) < 4.78 is 5.44. The molecule has 2 heterocycles. The number of aromatic nitrogens is 2. The number of hydrogen-bond acceptors (Lipinski definition) is 3. The molecule has 3 rings (SSSR count). The van der Waals surface area contributed by atoms with Gasteiger partial charge in [0.15, 0.2) is 17.1 Å². The van der Waals surface area contributed by atoms with E-state index in [9.17, 15) is 0 Å². The zero-order valence-corrected chi connectivity index (χ0v) is 10.7. The molecule has 3 heteroatoms. The van der Waals surface area contributed by atoms with E-state index in [-0.39, 0.29) is 0 Å². The number of hydrogen-bond donors (Lipinski definition) is 0. The number of nitrogens with zero attached hydrogens (tertiary/aromatic N) is 2. The molecule has 2 aromatic heterocycles. The molecule has 0 saturated carbocycles. The molecule has 3 nitrogen and oxygen atoms in total. The van der Waals surface area contributed by atoms with E-state index in [1.165, 1.54) is 11.1 Å². The predicted molar refractivity (Wildman–Crippen MR) is 71.5 cm³/mol. The lowest BCUT2D eigenvalue weighted by Crippen LogP contribution is -1.90. The van der Waals surface area contributed by atoms with Crippen molar-refractivity contribution < 1.29 is 4.42 Å². The zero-order valence-electron chi connectivity index (χ0n) is 10.7. The molecule has 18 heavy (non-hydrogen) atoms. The first-order chi connectivity index (χ1) is 8.65. The molecule has 0 spiro atoms. The third kappa shape index (κ3) is 1.68. The fraction of sp³-hybridized carbons (Fsp3) is 0.200. The van der Waals surface area contributed by atoms with Crippen LogP contribution < -0.4 is 0 Å². The van der Waals surface area contributed by atoms with E-state index >= 15 is 0 Å². The van der Waals surface area contributed by atoms with Gasteiger partial charge in [-0.15, -0.1) is 0 Å². The van der Waals surface area contributed by atoms with E-state index in [1.54, 1.807) is 0 Å². The smallest absolute Gasteiger partial charge is 0.199 e. The summed E-state index contributed by atoms with van der Waals surface area (Å²) >= 11 is 0. The number of pyridine rings is 1. The maximum Gasteiger partial charge on any atom is 0.199 e. The minimum absolute atomic E-state index is 0.649. The van der Waals surface area contributed by atoms with E-state index in [1.807, 2.05) is 19.1 Å². The maximum absolute atomic E-state index is 5.44. The van der Waals surface area contributed by atoms with Gasteiger partial charge in [-0.2, -0.15) is 4.98 Å². The minimum Gasteiger partial charge on any atom is -0.439 e. The number of rotatable bonds is 1. The van der Waals surface area contributed by atoms with Crippen LogP contribution in [0.2, 0.25) is 0 Å². The van der Waals surface area contributed by atoms with E-state index in [4.69, 9.17) is 4.42 Å². The van der Waals surface area contributed by atoms with Gasteiger partial charge in [0.05, 0.1) is 5.69 Å². The largest absolute Gasteiger partial charge is 0.439 e. The highest BCUT2D eigenvalue weighted by Crippen LogP contribution is 2.25. The van der Waals surface area contributed by atoms with Crippen LogP contribution in [0.3, 0.4) is 0 Å². The summed E-state index contributed by atoms with van der Waals surface area (Å²) in [4.78, 5) is 8.84. The number of oxazole rings is 1. The predicted octanol–water partition coefficient (Wildman–Crippen LogP) is 3.82. The van der Waals surface area contributed by atoms with Crippen LogP contribution in [0.5, 0.6) is 0 Å². The van der Waals surface area contributed by atoms with Crippen LogP contribution in [0, 0.1) is 20.8 Å². The minimum atomic E-state index is 0.649. The number of benzene rings is 1. The topological polar surface area (TPSA) is 38.9 Å². The maximum atomic E-state index is 5.44. The fourth-order valence-corrected chi connectivity index (χ4v) is 2.11. The molecule has 0 bridgehead atoms. The van der Waals surface area contributed by atoms with Crippen molar-refractivity contribution in [2.75, 3.05) is 0 Å². The van der Waals surface area contributed by atoms with Crippen molar-refractivity contribution in [1.82, 2.24) is 9.97 Å². The first-order valence-electron chi connectivity index (χ1n) is 5.96. The molecule has 0 amide bonds. The summed E-state index contributed by atoms with van der Waals surface area (Å²) in [6.45, 7) is 6.06. The van der Waals surface area contributed by atoms with Crippen molar-refractivity contribution in [3.63, 3.8) is 0 Å². The summed E-state index contributed by atoms with van der Waals surface area (Å²) in [5.41, 5.74) is 6.03. The van der Waals surface area contributed by atoms with Crippen LogP contribution in [-0.4, -0.2) is 9.97 Å². The van der Waals surface area contributed by atoms with Crippen LogP contribution in [0.25, 0.3) is 22.5 Å². The summed E-state index contributed by atoms with van der Waals surface area (Å²) in [5, 5.41) is 0. The highest BCUT2D eigenvalue weighted by Gasteiger charge is 2.08. The third-order valence-corrected chi connectivity index (χ3v) is 3.24. The molecule has 0 aliphatic heterocycles. The lowest BCUT2D eigenvalue weighted by Gasteiger charge is -2.07. The fourth-order valence-electron chi connectivity index (χ4n) is 2.11. The molecule has 0 saturated heterocycles. The molecule has 0 aliphatic rings. The molecule has 90 valence electrons. The summed E-state index contributed by atoms with van der Waals surface area (Å²) in [7, 11) is 0. The first kappa shape index (κ1) is 11.0. The Morgan fingerprint density at radius 2 is 1.78 bits per heavy atom. The number of aryl methyl sites for hydroxylation is 2. The second-order valence-electron chi connectivity index (χ2n) is 4.50. The van der Waals surface area contributed by atoms with Gasteiger partial charge in [0.25, 0.3) is 0 Å². The zero-order chi connectivity index (χ0) is 12.7. The van der Waals surface area contributed by atoms with Gasteiger partial charge >= 0.3 is 0 Å². The molecule has 0 fully saturated rings. The average Bonchev–Trinajstić information content (AvgIpc) is 2.71. The van der Waals surface area contributed by atoms with Crippen LogP contribution in [0.1, 0.15) is 17.0 Å². The van der Waals surface area contributed by atoms with Crippen LogP contribution >= 0.6 is 0 Å². The first-order valence-corrected chi connectivity index (χ1v) is 5.96. The van der Waals surface area contributed by atoms with Crippen molar-refractivity contribution in [3.05, 3.63) is 47.3 Å². The Balaban J connectivity index is 2.22. The van der Waals surface area contributed by atoms with E-state index in [0.717, 1.165) is 16.8 Å². The lowest BCUT2D eigenvalue weighted by atomic mass is 10.0. The van der Waals surface area contributed by atoms with E-state index < -0.39 is 0 Å². The average molecular weight is 238 g/mol. The molecule has 0 radical (unpaired) electrons. The second kappa shape index (κ2) is 3.95. The second-order valence-corrected chi connectivity index (χ2v) is 4.50. The summed E-state index contributed by atoms with van der Waals surface area (Å²) in [6.07, 6.45) is 0. The number of fused-ring (bicyclic) bond motifs is 1. The third-order valence-electron chi connectivity index (χ3n) is 3.24. The van der Waals surface area contributed by atoms with Gasteiger partial charge < -0.3 is 4.42 Å². The summed E-state index contributed by atoms with van der Waals surface area (Å²) in [5.74, 6) is 0.649.